The standard InChI is InChI=1S/C25H29F2N3O2/c1-15-5-3-6-17(16(15)2)14-30(18-9-10-18)25(32)20-13-28-12-11-22(20)29-24(31)19-7-4-8-21(26)23(19)27/h3-8,18,20,22,28H,9-14H2,1-2H3,(H,29,31). The second-order valence-corrected chi connectivity index (χ2v) is 8.84. The quantitative estimate of drug-likeness (QED) is 0.722. The lowest BCUT2D eigenvalue weighted by molar-refractivity contribution is -0.138. The molecule has 2 aliphatic rings. The molecule has 2 atom stereocenters. The molecule has 5 nitrogen and oxygen atoms in total. The van der Waals surface area contributed by atoms with Crippen LogP contribution in [0.25, 0.3) is 0 Å². The number of carbonyl (C=O) groups is 2. The van der Waals surface area contributed by atoms with E-state index < -0.39 is 29.5 Å². The molecule has 1 heterocycles. The summed E-state index contributed by atoms with van der Waals surface area (Å²) in [4.78, 5) is 28.2. The van der Waals surface area contributed by atoms with Crippen molar-refractivity contribution in [2.45, 2.75) is 51.7 Å². The van der Waals surface area contributed by atoms with E-state index in [0.717, 1.165) is 24.5 Å². The van der Waals surface area contributed by atoms with Crippen LogP contribution in [0.3, 0.4) is 0 Å². The van der Waals surface area contributed by atoms with Gasteiger partial charge in [0.1, 0.15) is 0 Å². The molecule has 2 fully saturated rings. The summed E-state index contributed by atoms with van der Waals surface area (Å²) in [5, 5.41) is 6.04. The maximum atomic E-state index is 14.1. The Morgan fingerprint density at radius 2 is 1.84 bits per heavy atom. The summed E-state index contributed by atoms with van der Waals surface area (Å²) in [6.07, 6.45) is 2.49. The fraction of sp³-hybridized carbons (Fsp3) is 0.440. The number of nitrogens with one attached hydrogen (secondary N) is 2. The van der Waals surface area contributed by atoms with Crippen molar-refractivity contribution in [2.75, 3.05) is 13.1 Å². The molecular weight excluding hydrogens is 412 g/mol. The van der Waals surface area contributed by atoms with Gasteiger partial charge < -0.3 is 15.5 Å². The number of amides is 2. The Labute approximate surface area is 187 Å². The Hall–Kier alpha value is -2.80. The van der Waals surface area contributed by atoms with Gasteiger partial charge in [0.05, 0.1) is 11.5 Å². The minimum absolute atomic E-state index is 0.00868. The van der Waals surface area contributed by atoms with Crippen LogP contribution in [0.2, 0.25) is 0 Å². The molecule has 2 unspecified atom stereocenters. The highest BCUT2D eigenvalue weighted by Crippen LogP contribution is 2.32. The number of benzene rings is 2. The second-order valence-electron chi connectivity index (χ2n) is 8.84. The zero-order chi connectivity index (χ0) is 22.8. The fourth-order valence-electron chi connectivity index (χ4n) is 4.37. The third kappa shape index (κ3) is 4.67. The number of hydrogen-bond acceptors (Lipinski definition) is 3. The molecule has 170 valence electrons. The van der Waals surface area contributed by atoms with Crippen LogP contribution in [0.15, 0.2) is 36.4 Å². The maximum absolute atomic E-state index is 14.1. The molecule has 1 saturated carbocycles. The molecule has 2 amide bonds. The smallest absolute Gasteiger partial charge is 0.254 e. The summed E-state index contributed by atoms with van der Waals surface area (Å²) in [5.74, 6) is -3.40. The molecule has 0 radical (unpaired) electrons. The summed E-state index contributed by atoms with van der Waals surface area (Å²) in [6, 6.07) is 9.41. The van der Waals surface area contributed by atoms with Crippen LogP contribution < -0.4 is 10.6 Å². The van der Waals surface area contributed by atoms with E-state index in [1.807, 2.05) is 11.0 Å². The number of hydrogen-bond donors (Lipinski definition) is 2. The minimum atomic E-state index is -1.17. The minimum Gasteiger partial charge on any atom is -0.348 e. The summed E-state index contributed by atoms with van der Waals surface area (Å²) in [7, 11) is 0. The highest BCUT2D eigenvalue weighted by molar-refractivity contribution is 5.95. The van der Waals surface area contributed by atoms with E-state index in [0.29, 0.717) is 26.1 Å². The molecule has 7 heteroatoms. The van der Waals surface area contributed by atoms with Crippen molar-refractivity contribution in [1.82, 2.24) is 15.5 Å². The van der Waals surface area contributed by atoms with Crippen LogP contribution in [-0.4, -0.2) is 41.9 Å². The van der Waals surface area contributed by atoms with Crippen LogP contribution >= 0.6 is 0 Å². The van der Waals surface area contributed by atoms with Crippen molar-refractivity contribution in [2.24, 2.45) is 5.92 Å². The van der Waals surface area contributed by atoms with Crippen LogP contribution in [0, 0.1) is 31.4 Å². The third-order valence-electron chi connectivity index (χ3n) is 6.64. The number of halogens is 2. The predicted octanol–water partition coefficient (Wildman–Crippen LogP) is 3.48. The first-order valence-corrected chi connectivity index (χ1v) is 11.2. The Morgan fingerprint density at radius 3 is 2.59 bits per heavy atom. The van der Waals surface area contributed by atoms with Crippen molar-refractivity contribution in [1.29, 1.82) is 0 Å². The van der Waals surface area contributed by atoms with Gasteiger partial charge in [-0.25, -0.2) is 8.78 Å². The molecule has 0 bridgehead atoms. The van der Waals surface area contributed by atoms with E-state index in [4.69, 9.17) is 0 Å². The zero-order valence-electron chi connectivity index (χ0n) is 18.5. The van der Waals surface area contributed by atoms with Gasteiger partial charge in [0, 0.05) is 25.2 Å². The molecule has 2 aromatic rings. The third-order valence-corrected chi connectivity index (χ3v) is 6.64. The van der Waals surface area contributed by atoms with Gasteiger partial charge in [-0.15, -0.1) is 0 Å². The Kier molecular flexibility index (Phi) is 6.55. The first kappa shape index (κ1) is 22.4. The van der Waals surface area contributed by atoms with Gasteiger partial charge in [0.2, 0.25) is 5.91 Å². The first-order chi connectivity index (χ1) is 15.4. The van der Waals surface area contributed by atoms with Gasteiger partial charge in [-0.3, -0.25) is 9.59 Å². The first-order valence-electron chi connectivity index (χ1n) is 11.2. The van der Waals surface area contributed by atoms with E-state index in [1.165, 1.54) is 23.3 Å². The van der Waals surface area contributed by atoms with E-state index >= 15 is 0 Å². The van der Waals surface area contributed by atoms with Crippen molar-refractivity contribution in [3.8, 4) is 0 Å². The van der Waals surface area contributed by atoms with Crippen molar-refractivity contribution in [3.63, 3.8) is 0 Å². The molecular formula is C25H29F2N3O2. The highest BCUT2D eigenvalue weighted by atomic mass is 19.2. The SMILES string of the molecule is Cc1cccc(CN(C(=O)C2CNCCC2NC(=O)c2cccc(F)c2F)C2CC2)c1C. The van der Waals surface area contributed by atoms with Crippen molar-refractivity contribution >= 4 is 11.8 Å². The summed E-state index contributed by atoms with van der Waals surface area (Å²) < 4.78 is 27.7. The van der Waals surface area contributed by atoms with Crippen LogP contribution in [0.1, 0.15) is 46.3 Å². The summed E-state index contributed by atoms with van der Waals surface area (Å²) in [6.45, 7) is 5.74. The average molecular weight is 442 g/mol. The van der Waals surface area contributed by atoms with Gasteiger partial charge in [-0.05, 0) is 68.5 Å². The van der Waals surface area contributed by atoms with Crippen molar-refractivity contribution < 1.29 is 18.4 Å². The molecule has 1 saturated heterocycles. The van der Waals surface area contributed by atoms with E-state index in [9.17, 15) is 18.4 Å². The zero-order valence-corrected chi connectivity index (χ0v) is 18.5. The van der Waals surface area contributed by atoms with Crippen LogP contribution in [0.5, 0.6) is 0 Å². The molecule has 4 rings (SSSR count). The van der Waals surface area contributed by atoms with Crippen LogP contribution in [0.4, 0.5) is 8.78 Å². The molecule has 2 N–H and O–H groups in total. The highest BCUT2D eigenvalue weighted by Gasteiger charge is 2.40. The number of rotatable bonds is 6. The second kappa shape index (κ2) is 9.36. The molecule has 0 spiro atoms. The fourth-order valence-corrected chi connectivity index (χ4v) is 4.37. The molecule has 0 aromatic heterocycles. The topological polar surface area (TPSA) is 61.4 Å². The number of aryl methyl sites for hydroxylation is 1. The van der Waals surface area contributed by atoms with Gasteiger partial charge in [0.25, 0.3) is 5.91 Å². The lowest BCUT2D eigenvalue weighted by atomic mass is 9.91. The number of piperidine rings is 1. The normalized spacial score (nSPS) is 20.6. The average Bonchev–Trinajstić information content (AvgIpc) is 3.62. The predicted molar refractivity (Wildman–Crippen MR) is 118 cm³/mol. The molecule has 1 aliphatic carbocycles. The summed E-state index contributed by atoms with van der Waals surface area (Å²) in [5.41, 5.74) is 3.15. The van der Waals surface area contributed by atoms with E-state index in [2.05, 4.69) is 36.6 Å². The number of carbonyl (C=O) groups excluding carboxylic acids is 2. The summed E-state index contributed by atoms with van der Waals surface area (Å²) >= 11 is 0. The van der Waals surface area contributed by atoms with Crippen molar-refractivity contribution in [3.05, 3.63) is 70.3 Å². The lowest BCUT2D eigenvalue weighted by Crippen LogP contribution is -2.55. The monoisotopic (exact) mass is 441 g/mol. The Bertz CT molecular complexity index is 1020. The van der Waals surface area contributed by atoms with E-state index in [-0.39, 0.29) is 17.5 Å². The number of nitrogens with zero attached hydrogens (tertiary/aromatic N) is 1. The van der Waals surface area contributed by atoms with Crippen LogP contribution in [-0.2, 0) is 11.3 Å². The van der Waals surface area contributed by atoms with Gasteiger partial charge in [-0.2, -0.15) is 0 Å². The Balaban J connectivity index is 1.52. The lowest BCUT2D eigenvalue weighted by Gasteiger charge is -2.36. The van der Waals surface area contributed by atoms with Gasteiger partial charge in [-0.1, -0.05) is 24.3 Å². The van der Waals surface area contributed by atoms with Gasteiger partial charge in [0.15, 0.2) is 11.6 Å². The van der Waals surface area contributed by atoms with E-state index in [1.54, 1.807) is 0 Å². The largest absolute Gasteiger partial charge is 0.348 e. The molecule has 1 aliphatic heterocycles. The molecule has 32 heavy (non-hydrogen) atoms. The van der Waals surface area contributed by atoms with Gasteiger partial charge >= 0.3 is 0 Å². The molecule has 2 aromatic carbocycles. The maximum Gasteiger partial charge on any atom is 0.254 e. The Morgan fingerprint density at radius 1 is 1.09 bits per heavy atom.